The second-order valence-corrected chi connectivity index (χ2v) is 17.4. The summed E-state index contributed by atoms with van der Waals surface area (Å²) in [5.74, 6) is -0.352. The van der Waals surface area contributed by atoms with E-state index in [0.717, 1.165) is 100 Å². The summed E-state index contributed by atoms with van der Waals surface area (Å²) in [5, 5.41) is 36.3. The van der Waals surface area contributed by atoms with Gasteiger partial charge in [0, 0.05) is 73.5 Å². The number of aliphatic hydroxyl groups excluding tert-OH is 1. The van der Waals surface area contributed by atoms with E-state index in [1.807, 2.05) is 36.7 Å². The maximum Gasteiger partial charge on any atom is 0.161 e. The lowest BCUT2D eigenvalue weighted by Gasteiger charge is -2.36. The van der Waals surface area contributed by atoms with Gasteiger partial charge in [-0.3, -0.25) is 9.59 Å². The smallest absolute Gasteiger partial charge is 0.161 e. The summed E-state index contributed by atoms with van der Waals surface area (Å²) in [6.07, 6.45) is 18.3. The average molecular weight is 806 g/mol. The quantitative estimate of drug-likeness (QED) is 0.0938. The fraction of sp³-hybridized carbons (Fsp3) is 0.373. The molecule has 4 aliphatic rings. The molecule has 310 valence electrons. The number of aliphatic hydroxyl groups is 1. The standard InChI is InChI=1S/C51H55N3O6/c55-22-19-42-46(57)16-13-34-26-37(49(58)47(28-34)60-39-8-1-2-9-39)25-33-6-3-5-32(23-33)24-36-17-20-53-51(36)54-30-38-29-44-41(18-21-52-44)43(48(38)50(42)59)27-31-11-14-35-7-4-10-45(56)40(35)15-12-31/h3-7,10,12,15,17-18,20-21,23,26,28-29,31,39,42-43,48,52-56,58H,1-2,8-9,11,13-14,16,19,22,24-25,27,30H2/t31-,42-,43-,48+/m0/s1. The molecule has 4 atom stereocenters. The van der Waals surface area contributed by atoms with Crippen LogP contribution in [0.5, 0.6) is 17.2 Å². The number of aromatic hydroxyl groups is 2. The first kappa shape index (κ1) is 39.6. The van der Waals surface area contributed by atoms with Crippen LogP contribution in [0.1, 0.15) is 107 Å². The first-order valence-corrected chi connectivity index (χ1v) is 21.8. The number of hydrogen-bond acceptors (Lipinski definition) is 7. The van der Waals surface area contributed by atoms with E-state index in [-0.39, 0.29) is 60.5 Å². The van der Waals surface area contributed by atoms with Crippen LogP contribution in [0.3, 0.4) is 0 Å². The monoisotopic (exact) mass is 805 g/mol. The van der Waals surface area contributed by atoms with Crippen LogP contribution >= 0.6 is 0 Å². The molecule has 2 aromatic heterocycles. The number of anilines is 1. The number of carbonyl (C=O) groups excluding carboxylic acids is 2. The second kappa shape index (κ2) is 17.4. The van der Waals surface area contributed by atoms with Crippen LogP contribution in [0.15, 0.2) is 90.8 Å². The Morgan fingerprint density at radius 3 is 2.42 bits per heavy atom. The Morgan fingerprint density at radius 2 is 1.58 bits per heavy atom. The van der Waals surface area contributed by atoms with E-state index < -0.39 is 11.8 Å². The lowest BCUT2D eigenvalue weighted by atomic mass is 9.67. The number of H-pyrrole nitrogens is 2. The number of phenolic OH excluding ortho intramolecular Hbond substituents is 2. The van der Waals surface area contributed by atoms with Crippen LogP contribution in [0, 0.1) is 17.8 Å². The number of aromatic amines is 2. The Balaban J connectivity index is 1.10. The first-order valence-electron chi connectivity index (χ1n) is 21.8. The molecule has 0 unspecified atom stereocenters. The maximum atomic E-state index is 15.3. The van der Waals surface area contributed by atoms with Crippen LogP contribution in [0.2, 0.25) is 0 Å². The Hall–Kier alpha value is -5.80. The molecular weight excluding hydrogens is 751 g/mol. The fourth-order valence-corrected chi connectivity index (χ4v) is 10.3. The number of aryl methyl sites for hydroxylation is 2. The average Bonchev–Trinajstić information content (AvgIpc) is 4.01. The van der Waals surface area contributed by atoms with Crippen molar-refractivity contribution in [3.05, 3.63) is 141 Å². The summed E-state index contributed by atoms with van der Waals surface area (Å²) >= 11 is 0. The number of benzene rings is 3. The molecule has 1 saturated carbocycles. The summed E-state index contributed by atoms with van der Waals surface area (Å²) in [6.45, 7) is 0.0973. The predicted octanol–water partition coefficient (Wildman–Crippen LogP) is 9.21. The number of carbonyl (C=O) groups is 2. The van der Waals surface area contributed by atoms with Crippen molar-refractivity contribution >= 4 is 29.5 Å². The molecule has 5 aromatic rings. The Labute approximate surface area is 351 Å². The van der Waals surface area contributed by atoms with Gasteiger partial charge in [-0.1, -0.05) is 54.6 Å². The van der Waals surface area contributed by atoms with E-state index in [1.165, 1.54) is 0 Å². The van der Waals surface area contributed by atoms with Gasteiger partial charge in [-0.2, -0.15) is 0 Å². The van der Waals surface area contributed by atoms with Crippen molar-refractivity contribution in [1.29, 1.82) is 0 Å². The van der Waals surface area contributed by atoms with Gasteiger partial charge in [0.2, 0.25) is 0 Å². The molecule has 60 heavy (non-hydrogen) atoms. The van der Waals surface area contributed by atoms with Gasteiger partial charge in [0.1, 0.15) is 17.4 Å². The zero-order valence-electron chi connectivity index (χ0n) is 34.1. The van der Waals surface area contributed by atoms with Gasteiger partial charge in [-0.05, 0) is 133 Å². The van der Waals surface area contributed by atoms with E-state index in [0.29, 0.717) is 38.0 Å². The van der Waals surface area contributed by atoms with Gasteiger partial charge >= 0.3 is 0 Å². The van der Waals surface area contributed by atoms with E-state index in [2.05, 4.69) is 69.9 Å². The van der Waals surface area contributed by atoms with Gasteiger partial charge in [0.05, 0.1) is 12.0 Å². The minimum absolute atomic E-state index is 0.0383. The predicted molar refractivity (Wildman–Crippen MR) is 234 cm³/mol. The van der Waals surface area contributed by atoms with Crippen LogP contribution in [0.4, 0.5) is 5.82 Å². The van der Waals surface area contributed by atoms with Gasteiger partial charge in [-0.25, -0.2) is 0 Å². The largest absolute Gasteiger partial charge is 0.507 e. The number of allylic oxidation sites excluding steroid dienone is 1. The van der Waals surface area contributed by atoms with E-state index >= 15 is 4.79 Å². The van der Waals surface area contributed by atoms with E-state index in [1.54, 1.807) is 6.07 Å². The molecule has 9 nitrogen and oxygen atoms in total. The molecule has 4 bridgehead atoms. The number of ketones is 2. The van der Waals surface area contributed by atoms with Gasteiger partial charge < -0.3 is 35.3 Å². The molecule has 1 aliphatic heterocycles. The summed E-state index contributed by atoms with van der Waals surface area (Å²) < 4.78 is 6.43. The second-order valence-electron chi connectivity index (χ2n) is 17.4. The van der Waals surface area contributed by atoms with Crippen molar-refractivity contribution < 1.29 is 29.6 Å². The normalized spacial score (nSPS) is 22.2. The fourth-order valence-electron chi connectivity index (χ4n) is 10.3. The van der Waals surface area contributed by atoms with Crippen LogP contribution in [-0.4, -0.2) is 56.1 Å². The SMILES string of the molecule is O=C1CCc2cc(c(O)c(OC3CCCC3)c2)Cc2cccc(c2)Cc2cc[nH]c2NCC2=Cc3[nH]ccc3[C@H](C[C@@H]3C=Cc4c(O)cccc4CC3)[C@@H]2C(=O)[C@H]1CCO. The molecular formula is C51H55N3O6. The number of hydrogen-bond donors (Lipinski definition) is 6. The number of rotatable bonds is 6. The van der Waals surface area contributed by atoms with Crippen molar-refractivity contribution in [3.63, 3.8) is 0 Å². The number of nitrogens with one attached hydrogen (secondary N) is 3. The van der Waals surface area contributed by atoms with Crippen molar-refractivity contribution in [3.8, 4) is 17.2 Å². The van der Waals surface area contributed by atoms with Crippen LogP contribution in [0.25, 0.3) is 12.2 Å². The molecule has 0 radical (unpaired) electrons. The lowest BCUT2D eigenvalue weighted by molar-refractivity contribution is -0.135. The number of ether oxygens (including phenoxy) is 1. The van der Waals surface area contributed by atoms with Gasteiger partial charge in [0.25, 0.3) is 0 Å². The molecule has 3 aliphatic carbocycles. The zero-order chi connectivity index (χ0) is 41.2. The minimum atomic E-state index is -0.993. The highest BCUT2D eigenvalue weighted by Gasteiger charge is 2.42. The zero-order valence-corrected chi connectivity index (χ0v) is 34.1. The third-order valence-electron chi connectivity index (χ3n) is 13.4. The number of fused-ring (bicyclic) bond motifs is 8. The van der Waals surface area contributed by atoms with E-state index in [9.17, 15) is 20.1 Å². The molecule has 9 heteroatoms. The molecule has 3 heterocycles. The minimum Gasteiger partial charge on any atom is -0.507 e. The topological polar surface area (TPSA) is 148 Å². The molecule has 0 amide bonds. The Morgan fingerprint density at radius 1 is 0.783 bits per heavy atom. The maximum absolute atomic E-state index is 15.3. The third-order valence-corrected chi connectivity index (χ3v) is 13.4. The number of aromatic nitrogens is 2. The molecule has 3 aromatic carbocycles. The summed E-state index contributed by atoms with van der Waals surface area (Å²) in [4.78, 5) is 36.7. The van der Waals surface area contributed by atoms with E-state index in [4.69, 9.17) is 4.74 Å². The number of Topliss-reactive ketones (excluding diaryl/α,β-unsaturated/α-hetero) is 2. The van der Waals surface area contributed by atoms with Crippen molar-refractivity contribution in [2.75, 3.05) is 18.5 Å². The van der Waals surface area contributed by atoms with Gasteiger partial charge in [0.15, 0.2) is 17.3 Å². The summed E-state index contributed by atoms with van der Waals surface area (Å²) in [7, 11) is 0. The number of phenols is 2. The van der Waals surface area contributed by atoms with Gasteiger partial charge in [-0.15, -0.1) is 0 Å². The summed E-state index contributed by atoms with van der Waals surface area (Å²) in [6, 6.07) is 22.1. The lowest BCUT2D eigenvalue weighted by Crippen LogP contribution is -2.38. The van der Waals surface area contributed by atoms with Crippen molar-refractivity contribution in [2.45, 2.75) is 89.1 Å². The molecule has 6 N–H and O–H groups in total. The van der Waals surface area contributed by atoms with Crippen molar-refractivity contribution in [2.24, 2.45) is 17.8 Å². The first-order chi connectivity index (χ1) is 29.3. The van der Waals surface area contributed by atoms with Crippen molar-refractivity contribution in [1.82, 2.24) is 9.97 Å². The molecule has 0 spiro atoms. The molecule has 0 saturated heterocycles. The third kappa shape index (κ3) is 8.33. The molecule has 9 rings (SSSR count). The van der Waals surface area contributed by atoms with Crippen LogP contribution < -0.4 is 10.1 Å². The Bertz CT molecular complexity index is 2430. The molecule has 1 fully saturated rings. The highest BCUT2D eigenvalue weighted by Crippen LogP contribution is 2.46. The highest BCUT2D eigenvalue weighted by atomic mass is 16.5. The van der Waals surface area contributed by atoms with Crippen LogP contribution in [-0.2, 0) is 35.3 Å². The highest BCUT2D eigenvalue weighted by molar-refractivity contribution is 6.05. The Kier molecular flexibility index (Phi) is 11.5. The summed E-state index contributed by atoms with van der Waals surface area (Å²) in [5.41, 5.74) is 9.75.